The van der Waals surface area contributed by atoms with Crippen LogP contribution in [0.1, 0.15) is 20.8 Å². The van der Waals surface area contributed by atoms with Crippen LogP contribution in [0.25, 0.3) is 0 Å². The Balaban J connectivity index is 2.55. The number of alkyl halides is 1. The van der Waals surface area contributed by atoms with Gasteiger partial charge in [0.2, 0.25) is 5.91 Å². The van der Waals surface area contributed by atoms with E-state index in [1.165, 1.54) is 0 Å². The quantitative estimate of drug-likeness (QED) is 0.678. The second-order valence-electron chi connectivity index (χ2n) is 3.62. The van der Waals surface area contributed by atoms with Gasteiger partial charge in [-0.05, 0) is 6.92 Å². The van der Waals surface area contributed by atoms with Gasteiger partial charge >= 0.3 is 0 Å². The van der Waals surface area contributed by atoms with Gasteiger partial charge in [-0.15, -0.1) is 0 Å². The zero-order valence-corrected chi connectivity index (χ0v) is 10.7. The normalized spacial score (nSPS) is 31.5. The first-order valence-electron chi connectivity index (χ1n) is 4.59. The van der Waals surface area contributed by atoms with Crippen LogP contribution in [0.3, 0.4) is 0 Å². The molecular weight excluding hydrogens is 250 g/mol. The van der Waals surface area contributed by atoms with Gasteiger partial charge in [-0.3, -0.25) is 4.79 Å². The first-order valence-corrected chi connectivity index (χ1v) is 6.45. The Bertz CT molecular complexity index is 188. The van der Waals surface area contributed by atoms with E-state index < -0.39 is 0 Å². The number of hydrogen-bond donors (Lipinski definition) is 0. The Morgan fingerprint density at radius 1 is 1.46 bits per heavy atom. The van der Waals surface area contributed by atoms with Crippen molar-refractivity contribution in [1.82, 2.24) is 4.90 Å². The molecule has 1 amide bonds. The smallest absolute Gasteiger partial charge is 0.236 e. The summed E-state index contributed by atoms with van der Waals surface area (Å²) in [6.07, 6.45) is 0. The molecule has 0 aromatic carbocycles. The van der Waals surface area contributed by atoms with Crippen LogP contribution in [0.4, 0.5) is 0 Å². The summed E-state index contributed by atoms with van der Waals surface area (Å²) >= 11 is 5.28. The molecule has 0 aromatic heterocycles. The summed E-state index contributed by atoms with van der Waals surface area (Å²) < 4.78 is 0. The van der Waals surface area contributed by atoms with Crippen LogP contribution in [0.5, 0.6) is 0 Å². The summed E-state index contributed by atoms with van der Waals surface area (Å²) in [6, 6.07) is 0. The molecule has 0 radical (unpaired) electrons. The molecule has 13 heavy (non-hydrogen) atoms. The van der Waals surface area contributed by atoms with Gasteiger partial charge in [0.1, 0.15) is 0 Å². The minimum Gasteiger partial charge on any atom is -0.340 e. The molecule has 0 N–H and O–H groups in total. The molecule has 3 unspecified atom stereocenters. The van der Waals surface area contributed by atoms with Gasteiger partial charge in [-0.2, -0.15) is 11.8 Å². The Kier molecular flexibility index (Phi) is 4.10. The van der Waals surface area contributed by atoms with Crippen molar-refractivity contribution in [3.8, 4) is 0 Å². The fourth-order valence-electron chi connectivity index (χ4n) is 1.61. The first kappa shape index (κ1) is 11.4. The van der Waals surface area contributed by atoms with Crippen molar-refractivity contribution in [2.24, 2.45) is 0 Å². The van der Waals surface area contributed by atoms with Crippen LogP contribution in [-0.2, 0) is 4.79 Å². The van der Waals surface area contributed by atoms with Crippen LogP contribution >= 0.6 is 27.7 Å². The molecule has 1 aliphatic rings. The standard InChI is InChI=1S/C9H16BrNOS/c1-6-4-11(5-7(2)13-6)9(12)8(3)10/h6-8H,4-5H2,1-3H3. The molecule has 4 heteroatoms. The summed E-state index contributed by atoms with van der Waals surface area (Å²) in [5.74, 6) is 0.221. The SMILES string of the molecule is CC1CN(C(=O)C(C)Br)CC(C)S1. The van der Waals surface area contributed by atoms with Gasteiger partial charge in [0.15, 0.2) is 0 Å². The van der Waals surface area contributed by atoms with Gasteiger partial charge in [0, 0.05) is 23.6 Å². The number of hydrogen-bond acceptors (Lipinski definition) is 2. The van der Waals surface area contributed by atoms with Crippen molar-refractivity contribution in [3.05, 3.63) is 0 Å². The highest BCUT2D eigenvalue weighted by molar-refractivity contribution is 9.10. The maximum absolute atomic E-state index is 11.7. The molecule has 0 aromatic rings. The lowest BCUT2D eigenvalue weighted by atomic mass is 10.3. The third-order valence-corrected chi connectivity index (χ3v) is 3.69. The summed E-state index contributed by atoms with van der Waals surface area (Å²) in [5, 5.41) is 1.14. The van der Waals surface area contributed by atoms with Gasteiger partial charge in [-0.25, -0.2) is 0 Å². The van der Waals surface area contributed by atoms with E-state index in [0.717, 1.165) is 13.1 Å². The van der Waals surface area contributed by atoms with Crippen molar-refractivity contribution in [2.45, 2.75) is 36.1 Å². The number of halogens is 1. The van der Waals surface area contributed by atoms with Crippen LogP contribution in [0, 0.1) is 0 Å². The predicted molar refractivity (Wildman–Crippen MR) is 61.5 cm³/mol. The second-order valence-corrected chi connectivity index (χ2v) is 6.87. The van der Waals surface area contributed by atoms with Gasteiger partial charge in [0.05, 0.1) is 4.83 Å². The molecule has 1 heterocycles. The summed E-state index contributed by atoms with van der Waals surface area (Å²) in [6.45, 7) is 8.03. The van der Waals surface area contributed by atoms with Gasteiger partial charge in [-0.1, -0.05) is 29.8 Å². The highest BCUT2D eigenvalue weighted by Gasteiger charge is 2.27. The number of amides is 1. The molecule has 76 valence electrons. The van der Waals surface area contributed by atoms with Crippen LogP contribution in [-0.4, -0.2) is 39.2 Å². The average Bonchev–Trinajstić information content (AvgIpc) is 2.01. The summed E-state index contributed by atoms with van der Waals surface area (Å²) in [4.78, 5) is 13.6. The molecule has 1 saturated heterocycles. The summed E-state index contributed by atoms with van der Waals surface area (Å²) in [5.41, 5.74) is 0. The fourth-order valence-corrected chi connectivity index (χ4v) is 3.22. The third kappa shape index (κ3) is 3.17. The average molecular weight is 266 g/mol. The Labute approximate surface area is 92.6 Å². The zero-order valence-electron chi connectivity index (χ0n) is 8.29. The molecule has 1 rings (SSSR count). The molecule has 0 bridgehead atoms. The first-order chi connectivity index (χ1) is 6.00. The minimum atomic E-state index is -0.0463. The highest BCUT2D eigenvalue weighted by atomic mass is 79.9. The van der Waals surface area contributed by atoms with E-state index in [9.17, 15) is 4.79 Å². The maximum atomic E-state index is 11.7. The number of rotatable bonds is 1. The van der Waals surface area contributed by atoms with E-state index in [1.54, 1.807) is 0 Å². The zero-order chi connectivity index (χ0) is 10.0. The van der Waals surface area contributed by atoms with E-state index in [0.29, 0.717) is 10.5 Å². The number of thioether (sulfide) groups is 1. The van der Waals surface area contributed by atoms with E-state index >= 15 is 0 Å². The van der Waals surface area contributed by atoms with Crippen LogP contribution in [0.15, 0.2) is 0 Å². The van der Waals surface area contributed by atoms with E-state index in [2.05, 4.69) is 29.8 Å². The van der Waals surface area contributed by atoms with Crippen molar-refractivity contribution in [2.75, 3.05) is 13.1 Å². The van der Waals surface area contributed by atoms with Crippen LogP contribution < -0.4 is 0 Å². The predicted octanol–water partition coefficient (Wildman–Crippen LogP) is 2.12. The molecular formula is C9H16BrNOS. The van der Waals surface area contributed by atoms with E-state index in [-0.39, 0.29) is 10.7 Å². The third-order valence-electron chi connectivity index (χ3n) is 2.07. The molecule has 0 saturated carbocycles. The summed E-state index contributed by atoms with van der Waals surface area (Å²) in [7, 11) is 0. The minimum absolute atomic E-state index is 0.0463. The van der Waals surface area contributed by atoms with Crippen molar-refractivity contribution in [3.63, 3.8) is 0 Å². The van der Waals surface area contributed by atoms with E-state index in [1.807, 2.05) is 23.6 Å². The molecule has 2 nitrogen and oxygen atoms in total. The Hall–Kier alpha value is 0.300. The van der Waals surface area contributed by atoms with Crippen molar-refractivity contribution in [1.29, 1.82) is 0 Å². The van der Waals surface area contributed by atoms with Crippen molar-refractivity contribution < 1.29 is 4.79 Å². The van der Waals surface area contributed by atoms with Crippen LogP contribution in [0.2, 0.25) is 0 Å². The lowest BCUT2D eigenvalue weighted by Crippen LogP contribution is -2.46. The number of carbonyl (C=O) groups is 1. The lowest BCUT2D eigenvalue weighted by Gasteiger charge is -2.35. The lowest BCUT2D eigenvalue weighted by molar-refractivity contribution is -0.130. The topological polar surface area (TPSA) is 20.3 Å². The second kappa shape index (κ2) is 4.69. The molecule has 1 fully saturated rings. The highest BCUT2D eigenvalue weighted by Crippen LogP contribution is 2.25. The molecule has 0 aliphatic carbocycles. The van der Waals surface area contributed by atoms with E-state index in [4.69, 9.17) is 0 Å². The Morgan fingerprint density at radius 2 is 1.92 bits per heavy atom. The Morgan fingerprint density at radius 3 is 2.31 bits per heavy atom. The molecule has 0 spiro atoms. The van der Waals surface area contributed by atoms with Gasteiger partial charge in [0.25, 0.3) is 0 Å². The molecule has 1 aliphatic heterocycles. The monoisotopic (exact) mass is 265 g/mol. The largest absolute Gasteiger partial charge is 0.340 e. The van der Waals surface area contributed by atoms with Crippen molar-refractivity contribution >= 4 is 33.6 Å². The maximum Gasteiger partial charge on any atom is 0.236 e. The number of carbonyl (C=O) groups excluding carboxylic acids is 1. The van der Waals surface area contributed by atoms with Gasteiger partial charge < -0.3 is 4.90 Å². The fraction of sp³-hybridized carbons (Fsp3) is 0.889. The number of nitrogens with zero attached hydrogens (tertiary/aromatic N) is 1. The molecule has 3 atom stereocenters.